The van der Waals surface area contributed by atoms with Crippen LogP contribution in [0.2, 0.25) is 0 Å². The van der Waals surface area contributed by atoms with Crippen molar-refractivity contribution in [1.29, 1.82) is 0 Å². The molecule has 0 bridgehead atoms. The van der Waals surface area contributed by atoms with Crippen molar-refractivity contribution in [1.82, 2.24) is 5.32 Å². The molecule has 0 atom stereocenters. The van der Waals surface area contributed by atoms with Gasteiger partial charge in [-0.1, -0.05) is 44.0 Å². The predicted molar refractivity (Wildman–Crippen MR) is 54.8 cm³/mol. The summed E-state index contributed by atoms with van der Waals surface area (Å²) in [6.07, 6.45) is 0. The second kappa shape index (κ2) is 4.91. The standard InChI is InChI=1S/C8H9Br2N/c9-6-11-5-7-1-3-8(10)4-2-7/h1-4,11H,5-6H2. The Morgan fingerprint density at radius 1 is 1.18 bits per heavy atom. The largest absolute Gasteiger partial charge is 0.303 e. The summed E-state index contributed by atoms with van der Waals surface area (Å²) in [4.78, 5) is 0. The molecule has 0 spiro atoms. The van der Waals surface area contributed by atoms with Gasteiger partial charge in [-0.15, -0.1) is 0 Å². The maximum absolute atomic E-state index is 3.38. The monoisotopic (exact) mass is 277 g/mol. The first-order valence-electron chi connectivity index (χ1n) is 3.34. The number of hydrogen-bond donors (Lipinski definition) is 1. The van der Waals surface area contributed by atoms with Gasteiger partial charge in [-0.25, -0.2) is 0 Å². The predicted octanol–water partition coefficient (Wildman–Crippen LogP) is 2.89. The SMILES string of the molecule is BrCNCc1ccc(Br)cc1. The number of rotatable bonds is 3. The highest BCUT2D eigenvalue weighted by Crippen LogP contribution is 2.09. The van der Waals surface area contributed by atoms with E-state index in [2.05, 4.69) is 49.3 Å². The topological polar surface area (TPSA) is 12.0 Å². The van der Waals surface area contributed by atoms with Crippen molar-refractivity contribution in [2.75, 3.05) is 5.45 Å². The van der Waals surface area contributed by atoms with E-state index in [1.165, 1.54) is 5.56 Å². The molecule has 0 fully saturated rings. The minimum atomic E-state index is 0.836. The number of halogens is 2. The lowest BCUT2D eigenvalue weighted by Gasteiger charge is -2.00. The van der Waals surface area contributed by atoms with Crippen LogP contribution in [0, 0.1) is 0 Å². The van der Waals surface area contributed by atoms with Gasteiger partial charge in [0, 0.05) is 11.0 Å². The summed E-state index contributed by atoms with van der Waals surface area (Å²) in [7, 11) is 0. The van der Waals surface area contributed by atoms with Gasteiger partial charge in [0.15, 0.2) is 0 Å². The minimum absolute atomic E-state index is 0.836. The van der Waals surface area contributed by atoms with Gasteiger partial charge in [0.25, 0.3) is 0 Å². The quantitative estimate of drug-likeness (QED) is 0.662. The fourth-order valence-electron chi connectivity index (χ4n) is 0.794. The molecule has 0 heterocycles. The van der Waals surface area contributed by atoms with Crippen molar-refractivity contribution in [3.05, 3.63) is 34.3 Å². The first kappa shape index (κ1) is 9.23. The lowest BCUT2D eigenvalue weighted by Crippen LogP contribution is -2.09. The lowest BCUT2D eigenvalue weighted by molar-refractivity contribution is 0.802. The number of benzene rings is 1. The van der Waals surface area contributed by atoms with Crippen LogP contribution in [-0.2, 0) is 6.54 Å². The van der Waals surface area contributed by atoms with Crippen molar-refractivity contribution >= 4 is 31.9 Å². The van der Waals surface area contributed by atoms with Crippen LogP contribution in [0.15, 0.2) is 28.7 Å². The molecule has 1 rings (SSSR count). The van der Waals surface area contributed by atoms with Gasteiger partial charge in [-0.2, -0.15) is 0 Å². The summed E-state index contributed by atoms with van der Waals surface area (Å²) in [6, 6.07) is 8.29. The van der Waals surface area contributed by atoms with E-state index in [1.807, 2.05) is 12.1 Å². The molecule has 60 valence electrons. The zero-order valence-corrected chi connectivity index (χ0v) is 9.15. The highest BCUT2D eigenvalue weighted by atomic mass is 79.9. The third-order valence-corrected chi connectivity index (χ3v) is 2.26. The number of nitrogens with one attached hydrogen (secondary N) is 1. The van der Waals surface area contributed by atoms with Gasteiger partial charge in [0.1, 0.15) is 0 Å². The Balaban J connectivity index is 2.52. The third kappa shape index (κ3) is 3.36. The van der Waals surface area contributed by atoms with Crippen LogP contribution < -0.4 is 5.32 Å². The molecule has 0 aliphatic heterocycles. The first-order chi connectivity index (χ1) is 5.33. The molecule has 0 unspecified atom stereocenters. The summed E-state index contributed by atoms with van der Waals surface area (Å²) in [5, 5.41) is 3.19. The van der Waals surface area contributed by atoms with E-state index in [0.29, 0.717) is 0 Å². The molecule has 1 N–H and O–H groups in total. The van der Waals surface area contributed by atoms with Crippen LogP contribution in [0.5, 0.6) is 0 Å². The van der Waals surface area contributed by atoms with Gasteiger partial charge in [0.2, 0.25) is 0 Å². The van der Waals surface area contributed by atoms with Gasteiger partial charge in [-0.05, 0) is 17.7 Å². The Labute approximate surface area is 83.4 Å². The van der Waals surface area contributed by atoms with Crippen molar-refractivity contribution in [3.63, 3.8) is 0 Å². The molecule has 1 aromatic rings. The van der Waals surface area contributed by atoms with Crippen LogP contribution in [-0.4, -0.2) is 5.45 Å². The summed E-state index contributed by atoms with van der Waals surface area (Å²) >= 11 is 6.68. The second-order valence-corrected chi connectivity index (χ2v) is 3.66. The van der Waals surface area contributed by atoms with Crippen molar-refractivity contribution in [2.24, 2.45) is 0 Å². The molecule has 0 saturated heterocycles. The normalized spacial score (nSPS) is 10.0. The van der Waals surface area contributed by atoms with Crippen LogP contribution in [0.25, 0.3) is 0 Å². The number of alkyl halides is 1. The molecule has 1 aromatic carbocycles. The van der Waals surface area contributed by atoms with Crippen LogP contribution in [0.1, 0.15) is 5.56 Å². The highest BCUT2D eigenvalue weighted by Gasteiger charge is 1.90. The Bertz CT molecular complexity index is 208. The van der Waals surface area contributed by atoms with E-state index >= 15 is 0 Å². The van der Waals surface area contributed by atoms with Gasteiger partial charge in [-0.3, -0.25) is 0 Å². The van der Waals surface area contributed by atoms with Crippen molar-refractivity contribution in [2.45, 2.75) is 6.54 Å². The Morgan fingerprint density at radius 2 is 1.82 bits per heavy atom. The van der Waals surface area contributed by atoms with Crippen molar-refractivity contribution in [3.8, 4) is 0 Å². The van der Waals surface area contributed by atoms with E-state index < -0.39 is 0 Å². The molecule has 0 aliphatic rings. The molecular formula is C8H9Br2N. The lowest BCUT2D eigenvalue weighted by atomic mass is 10.2. The Morgan fingerprint density at radius 3 is 2.36 bits per heavy atom. The van der Waals surface area contributed by atoms with E-state index in [9.17, 15) is 0 Å². The van der Waals surface area contributed by atoms with E-state index in [-0.39, 0.29) is 0 Å². The average Bonchev–Trinajstić information content (AvgIpc) is 2.04. The van der Waals surface area contributed by atoms with Crippen molar-refractivity contribution < 1.29 is 0 Å². The smallest absolute Gasteiger partial charge is 0.0519 e. The molecule has 0 radical (unpaired) electrons. The molecule has 0 amide bonds. The van der Waals surface area contributed by atoms with Crippen LogP contribution in [0.4, 0.5) is 0 Å². The van der Waals surface area contributed by atoms with Gasteiger partial charge < -0.3 is 5.32 Å². The Kier molecular flexibility index (Phi) is 4.12. The van der Waals surface area contributed by atoms with E-state index in [0.717, 1.165) is 16.5 Å². The number of hydrogen-bond acceptors (Lipinski definition) is 1. The summed E-state index contributed by atoms with van der Waals surface area (Å²) < 4.78 is 1.13. The zero-order chi connectivity index (χ0) is 8.10. The fourth-order valence-corrected chi connectivity index (χ4v) is 1.26. The Hall–Kier alpha value is 0.140. The zero-order valence-electron chi connectivity index (χ0n) is 5.98. The maximum Gasteiger partial charge on any atom is 0.0519 e. The first-order valence-corrected chi connectivity index (χ1v) is 5.25. The summed E-state index contributed by atoms with van der Waals surface area (Å²) in [5.41, 5.74) is 2.14. The maximum atomic E-state index is 3.38. The van der Waals surface area contributed by atoms with Gasteiger partial charge >= 0.3 is 0 Å². The molecule has 0 aliphatic carbocycles. The van der Waals surface area contributed by atoms with E-state index in [1.54, 1.807) is 0 Å². The molecule has 3 heteroatoms. The second-order valence-electron chi connectivity index (χ2n) is 2.19. The molecule has 1 nitrogen and oxygen atoms in total. The van der Waals surface area contributed by atoms with E-state index in [4.69, 9.17) is 0 Å². The summed E-state index contributed by atoms with van der Waals surface area (Å²) in [5.74, 6) is 0. The highest BCUT2D eigenvalue weighted by molar-refractivity contribution is 9.10. The molecule has 11 heavy (non-hydrogen) atoms. The fraction of sp³-hybridized carbons (Fsp3) is 0.250. The minimum Gasteiger partial charge on any atom is -0.303 e. The van der Waals surface area contributed by atoms with Crippen LogP contribution >= 0.6 is 31.9 Å². The third-order valence-electron chi connectivity index (χ3n) is 1.34. The van der Waals surface area contributed by atoms with Gasteiger partial charge in [0.05, 0.1) is 5.45 Å². The average molecular weight is 279 g/mol. The van der Waals surface area contributed by atoms with Crippen LogP contribution in [0.3, 0.4) is 0 Å². The molecular weight excluding hydrogens is 270 g/mol. The summed E-state index contributed by atoms with van der Waals surface area (Å²) in [6.45, 7) is 0.915. The molecule has 0 aromatic heterocycles. The molecule has 0 saturated carbocycles.